The molecule has 0 saturated carbocycles. The van der Waals surface area contributed by atoms with Crippen LogP contribution in [0.15, 0.2) is 24.8 Å². The van der Waals surface area contributed by atoms with Gasteiger partial charge in [-0.05, 0) is 86.6 Å². The summed E-state index contributed by atoms with van der Waals surface area (Å²) in [4.78, 5) is 46.3. The zero-order valence-corrected chi connectivity index (χ0v) is 32.8. The second-order valence-corrected chi connectivity index (χ2v) is 13.9. The number of aryl methyl sites for hydroxylation is 3. The van der Waals surface area contributed by atoms with Crippen molar-refractivity contribution in [2.45, 2.75) is 72.6 Å². The molecule has 0 radical (unpaired) electrons. The largest absolute Gasteiger partial charge is 0.469 e. The first kappa shape index (κ1) is 39.6. The number of carbonyl (C=O) groups excluding carboxylic acids is 2. The van der Waals surface area contributed by atoms with E-state index in [4.69, 9.17) is 28.9 Å². The first-order valence-corrected chi connectivity index (χ1v) is 18.5. The summed E-state index contributed by atoms with van der Waals surface area (Å²) >= 11 is 0. The van der Waals surface area contributed by atoms with Gasteiger partial charge in [-0.3, -0.25) is 14.6 Å². The van der Waals surface area contributed by atoms with E-state index < -0.39 is 0 Å². The Balaban J connectivity index is 1.71. The molecular weight excluding hydrogens is 670 g/mol. The molecule has 2 atom stereocenters. The first-order valence-electron chi connectivity index (χ1n) is 18.5. The fourth-order valence-corrected chi connectivity index (χ4v) is 7.38. The second kappa shape index (κ2) is 17.5. The molecule has 53 heavy (non-hydrogen) atoms. The average Bonchev–Trinajstić information content (AvgIpc) is 3.83. The van der Waals surface area contributed by atoms with Gasteiger partial charge in [0.05, 0.1) is 57.1 Å². The summed E-state index contributed by atoms with van der Waals surface area (Å²) < 4.78 is 21.3. The highest BCUT2D eigenvalue weighted by Gasteiger charge is 2.34. The van der Waals surface area contributed by atoms with Crippen molar-refractivity contribution in [3.8, 4) is 0 Å². The van der Waals surface area contributed by atoms with E-state index >= 15 is 0 Å². The maximum atomic E-state index is 14.4. The highest BCUT2D eigenvalue weighted by atomic mass is 16.5. The van der Waals surface area contributed by atoms with Gasteiger partial charge in [-0.25, -0.2) is 4.98 Å². The molecule has 3 aromatic rings. The van der Waals surface area contributed by atoms with Crippen molar-refractivity contribution in [3.05, 3.63) is 75.4 Å². The number of aromatic amines is 2. The Morgan fingerprint density at radius 3 is 2.25 bits per heavy atom. The number of aromatic nitrogens is 4. The Labute approximate surface area is 312 Å². The van der Waals surface area contributed by atoms with Crippen LogP contribution in [0.1, 0.15) is 96.0 Å². The van der Waals surface area contributed by atoms with Crippen LogP contribution in [0.25, 0.3) is 39.3 Å². The molecule has 5 rings (SSSR count). The molecule has 11 nitrogen and oxygen atoms in total. The van der Waals surface area contributed by atoms with Crippen LogP contribution >= 0.6 is 0 Å². The lowest BCUT2D eigenvalue weighted by Gasteiger charge is -2.20. The van der Waals surface area contributed by atoms with Crippen LogP contribution in [0.4, 0.5) is 0 Å². The van der Waals surface area contributed by atoms with Crippen molar-refractivity contribution in [1.82, 2.24) is 24.8 Å². The topological polar surface area (TPSA) is 132 Å². The van der Waals surface area contributed by atoms with E-state index in [1.807, 2.05) is 19.9 Å². The minimum absolute atomic E-state index is 0.0120. The van der Waals surface area contributed by atoms with E-state index in [0.29, 0.717) is 63.0 Å². The number of likely N-dealkylation sites (N-methyl/N-ethyl adjacent to an activating group) is 1. The number of rotatable bonds is 15. The summed E-state index contributed by atoms with van der Waals surface area (Å²) in [6.45, 7) is 19.3. The van der Waals surface area contributed by atoms with Gasteiger partial charge >= 0.3 is 5.97 Å². The lowest BCUT2D eigenvalue weighted by atomic mass is 9.85. The van der Waals surface area contributed by atoms with Gasteiger partial charge in [0, 0.05) is 78.0 Å². The molecule has 5 heterocycles. The highest BCUT2D eigenvalue weighted by molar-refractivity contribution is 6.27. The maximum Gasteiger partial charge on any atom is 0.305 e. The predicted molar refractivity (Wildman–Crippen MR) is 211 cm³/mol. The van der Waals surface area contributed by atoms with Gasteiger partial charge in [-0.2, -0.15) is 0 Å². The molecule has 0 aliphatic carbocycles. The van der Waals surface area contributed by atoms with Crippen molar-refractivity contribution >= 4 is 51.2 Å². The molecule has 0 unspecified atom stereocenters. The van der Waals surface area contributed by atoms with E-state index in [9.17, 15) is 9.59 Å². The Morgan fingerprint density at radius 1 is 0.887 bits per heavy atom. The fourth-order valence-electron chi connectivity index (χ4n) is 7.38. The Bertz CT molecular complexity index is 2060. The average molecular weight is 726 g/mol. The number of nitrogens with one attached hydrogen (secondary N) is 2. The molecule has 3 aromatic heterocycles. The number of hydrogen-bond acceptors (Lipinski definition) is 8. The number of allylic oxidation sites excluding steroid dienone is 1. The van der Waals surface area contributed by atoms with Crippen LogP contribution in [0.2, 0.25) is 0 Å². The van der Waals surface area contributed by atoms with Gasteiger partial charge in [-0.15, -0.1) is 0 Å². The van der Waals surface area contributed by atoms with Crippen molar-refractivity contribution in [3.63, 3.8) is 0 Å². The van der Waals surface area contributed by atoms with E-state index in [0.717, 1.165) is 67.7 Å². The van der Waals surface area contributed by atoms with E-state index in [1.54, 1.807) is 19.1 Å². The van der Waals surface area contributed by atoms with Crippen molar-refractivity contribution in [2.24, 2.45) is 0 Å². The molecule has 2 aliphatic heterocycles. The number of ether oxygens (including phenoxy) is 4. The lowest BCUT2D eigenvalue weighted by Crippen LogP contribution is -2.31. The van der Waals surface area contributed by atoms with Crippen LogP contribution < -0.4 is 0 Å². The second-order valence-electron chi connectivity index (χ2n) is 13.9. The minimum Gasteiger partial charge on any atom is -0.469 e. The minimum atomic E-state index is -0.270. The smallest absolute Gasteiger partial charge is 0.305 e. The summed E-state index contributed by atoms with van der Waals surface area (Å²) in [6, 6.07) is 6.31. The number of amides is 1. The predicted octanol–water partition coefficient (Wildman–Crippen LogP) is 7.35. The number of esters is 1. The third-order valence-corrected chi connectivity index (χ3v) is 10.7. The van der Waals surface area contributed by atoms with Gasteiger partial charge in [0.2, 0.25) is 0 Å². The molecule has 0 saturated heterocycles. The summed E-state index contributed by atoms with van der Waals surface area (Å²) in [5.41, 5.74) is 13.5. The maximum absolute atomic E-state index is 14.4. The molecule has 2 N–H and O–H groups in total. The first-order chi connectivity index (χ1) is 25.4. The van der Waals surface area contributed by atoms with Crippen molar-refractivity contribution < 1.29 is 28.5 Å². The van der Waals surface area contributed by atoms with Crippen LogP contribution in [-0.4, -0.2) is 97.6 Å². The van der Waals surface area contributed by atoms with E-state index in [2.05, 4.69) is 62.4 Å². The normalized spacial score (nSPS) is 15.6. The summed E-state index contributed by atoms with van der Waals surface area (Å²) in [5, 5.41) is 0. The summed E-state index contributed by atoms with van der Waals surface area (Å²) in [7, 11) is 4.84. The van der Waals surface area contributed by atoms with Gasteiger partial charge in [-0.1, -0.05) is 26.5 Å². The molecule has 284 valence electrons. The standard InChI is InChI=1S/C42H55N5O6/c1-11-29-24(3)32-21-34-26(5)31(13-14-38(48)51-10)40(45-34)28(7)41-39(42(49)47(8)15-16-52-19-20-53-18-17-50-9)27(6)35(46-41)23-37-30(12-2)25(4)33(44-37)22-36(29)43-32/h11,21-23,26,31,43-44H,1,12-20H2,2-10H3/t26-,31-/m0/s1. The number of nitrogens with zero attached hydrogens (tertiary/aromatic N) is 3. The summed E-state index contributed by atoms with van der Waals surface area (Å²) in [6.07, 6.45) is 3.50. The Hall–Kier alpha value is -4.58. The Kier molecular flexibility index (Phi) is 13.1. The Morgan fingerprint density at radius 2 is 1.57 bits per heavy atom. The zero-order chi connectivity index (χ0) is 38.4. The zero-order valence-electron chi connectivity index (χ0n) is 32.8. The monoisotopic (exact) mass is 725 g/mol. The number of hydrogen-bond donors (Lipinski definition) is 2. The molecule has 0 fully saturated rings. The quantitative estimate of drug-likeness (QED) is 0.123. The third kappa shape index (κ3) is 8.32. The van der Waals surface area contributed by atoms with Crippen LogP contribution in [-0.2, 0) is 35.0 Å². The van der Waals surface area contributed by atoms with E-state index in [-0.39, 0.29) is 30.1 Å². The highest BCUT2D eigenvalue weighted by Crippen LogP contribution is 2.43. The van der Waals surface area contributed by atoms with Crippen molar-refractivity contribution in [1.29, 1.82) is 0 Å². The van der Waals surface area contributed by atoms with Crippen LogP contribution in [0.5, 0.6) is 0 Å². The molecule has 1 amide bonds. The van der Waals surface area contributed by atoms with Gasteiger partial charge in [0.15, 0.2) is 0 Å². The molecule has 0 spiro atoms. The lowest BCUT2D eigenvalue weighted by molar-refractivity contribution is -0.140. The van der Waals surface area contributed by atoms with Gasteiger partial charge in [0.1, 0.15) is 0 Å². The third-order valence-electron chi connectivity index (χ3n) is 10.7. The van der Waals surface area contributed by atoms with Gasteiger partial charge < -0.3 is 33.8 Å². The SMILES string of the molecule is C=Cc1c(C)c2cc3nc(c(C)c4nc(cc5[nH]c(cc1[nH]2)c(C)c5CC)C(C)=C4C(=O)N(C)CCOCCOCCOC)[C@@H](CCC(=O)OC)[C@@H]3C. The van der Waals surface area contributed by atoms with Crippen LogP contribution in [0.3, 0.4) is 0 Å². The molecule has 0 aromatic carbocycles. The van der Waals surface area contributed by atoms with Crippen LogP contribution in [0, 0.1) is 20.8 Å². The molecule has 11 heteroatoms. The molecule has 8 bridgehead atoms. The van der Waals surface area contributed by atoms with E-state index in [1.165, 1.54) is 12.7 Å². The molecular formula is C42H55N5O6. The number of carbonyl (C=O) groups is 2. The summed E-state index contributed by atoms with van der Waals surface area (Å²) in [5.74, 6) is -0.523. The number of fused-ring (bicyclic) bond motifs is 8. The number of H-pyrrole nitrogens is 2. The fraction of sp³-hybridized carbons (Fsp3) is 0.476. The van der Waals surface area contributed by atoms with Gasteiger partial charge in [0.25, 0.3) is 5.91 Å². The number of methoxy groups -OCH3 is 2. The molecule has 2 aliphatic rings. The van der Waals surface area contributed by atoms with Crippen molar-refractivity contribution in [2.75, 3.05) is 60.8 Å².